The Labute approximate surface area is 111 Å². The first-order valence-corrected chi connectivity index (χ1v) is 6.40. The van der Waals surface area contributed by atoms with Gasteiger partial charge >= 0.3 is 5.97 Å². The number of aliphatic carboxylic acids is 1. The third-order valence-corrected chi connectivity index (χ3v) is 3.84. The minimum atomic E-state index is -0.894. The van der Waals surface area contributed by atoms with E-state index in [1.807, 2.05) is 6.92 Å². The van der Waals surface area contributed by atoms with Crippen LogP contribution >= 0.6 is 0 Å². The predicted octanol–water partition coefficient (Wildman–Crippen LogP) is 0.891. The fraction of sp³-hybridized carbons (Fsp3) is 0.667. The molecule has 0 aromatic carbocycles. The van der Waals surface area contributed by atoms with Crippen LogP contribution in [0.4, 0.5) is 5.95 Å². The summed E-state index contributed by atoms with van der Waals surface area (Å²) in [4.78, 5) is 27.3. The number of anilines is 1. The zero-order chi connectivity index (χ0) is 14.0. The Bertz CT molecular complexity index is 485. The first-order chi connectivity index (χ1) is 9.02. The smallest absolute Gasteiger partial charge is 0.307 e. The molecule has 19 heavy (non-hydrogen) atoms. The number of amides is 1. The fourth-order valence-corrected chi connectivity index (χ4v) is 2.65. The number of carboxylic acids is 1. The highest BCUT2D eigenvalue weighted by Crippen LogP contribution is 2.38. The Kier molecular flexibility index (Phi) is 3.82. The van der Waals surface area contributed by atoms with E-state index >= 15 is 0 Å². The van der Waals surface area contributed by atoms with Crippen LogP contribution in [0.5, 0.6) is 0 Å². The molecule has 2 N–H and O–H groups in total. The predicted molar refractivity (Wildman–Crippen MR) is 67.3 cm³/mol. The van der Waals surface area contributed by atoms with Crippen LogP contribution < -0.4 is 5.32 Å². The van der Waals surface area contributed by atoms with E-state index in [9.17, 15) is 14.7 Å². The summed E-state index contributed by atoms with van der Waals surface area (Å²) in [6.07, 6.45) is 3.44. The van der Waals surface area contributed by atoms with Gasteiger partial charge in [0.1, 0.15) is 6.33 Å². The molecule has 7 heteroatoms. The first kappa shape index (κ1) is 13.5. The number of aryl methyl sites for hydroxylation is 1. The second-order valence-electron chi connectivity index (χ2n) is 4.99. The Morgan fingerprint density at radius 1 is 1.47 bits per heavy atom. The number of carbonyl (C=O) groups is 2. The number of hydrogen-bond donors (Lipinski definition) is 2. The summed E-state index contributed by atoms with van der Waals surface area (Å²) < 4.78 is 1.44. The Morgan fingerprint density at radius 3 is 2.68 bits per heavy atom. The van der Waals surface area contributed by atoms with E-state index in [-0.39, 0.29) is 5.91 Å². The molecule has 7 nitrogen and oxygen atoms in total. The summed E-state index contributed by atoms with van der Waals surface area (Å²) >= 11 is 0. The van der Waals surface area contributed by atoms with Gasteiger partial charge in [0.25, 0.3) is 0 Å². The lowest BCUT2D eigenvalue weighted by Gasteiger charge is -2.14. The molecule has 0 spiro atoms. The summed E-state index contributed by atoms with van der Waals surface area (Å²) in [6, 6.07) is 0. The summed E-state index contributed by atoms with van der Waals surface area (Å²) in [5.74, 6) is -1.61. The van der Waals surface area contributed by atoms with Crippen LogP contribution in [0.25, 0.3) is 0 Å². The third-order valence-electron chi connectivity index (χ3n) is 3.84. The van der Waals surface area contributed by atoms with Crippen LogP contribution in [-0.2, 0) is 16.6 Å². The summed E-state index contributed by atoms with van der Waals surface area (Å²) in [6.45, 7) is 2.02. The highest BCUT2D eigenvalue weighted by molar-refractivity contribution is 5.94. The standard InChI is InChI=1S/C12H18N4O3/c1-3-7-4-8(9(5-7)11(18)19)10(17)15-12-13-6-14-16(12)2/h6-9H,3-5H2,1-2H3,(H,18,19)(H,13,14,15,17)/t7?,8-,9+/m0/s1. The molecular weight excluding hydrogens is 248 g/mol. The van der Waals surface area contributed by atoms with Crippen LogP contribution in [0.15, 0.2) is 6.33 Å². The lowest BCUT2D eigenvalue weighted by Crippen LogP contribution is -2.30. The maximum Gasteiger partial charge on any atom is 0.307 e. The van der Waals surface area contributed by atoms with Crippen molar-refractivity contribution >= 4 is 17.8 Å². The topological polar surface area (TPSA) is 97.1 Å². The van der Waals surface area contributed by atoms with Crippen LogP contribution in [0.2, 0.25) is 0 Å². The van der Waals surface area contributed by atoms with Crippen molar-refractivity contribution in [2.75, 3.05) is 5.32 Å². The number of hydrogen-bond acceptors (Lipinski definition) is 4. The van der Waals surface area contributed by atoms with Crippen molar-refractivity contribution in [3.63, 3.8) is 0 Å². The number of carbonyl (C=O) groups excluding carboxylic acids is 1. The van der Waals surface area contributed by atoms with Crippen molar-refractivity contribution < 1.29 is 14.7 Å². The molecule has 2 rings (SSSR count). The lowest BCUT2D eigenvalue weighted by molar-refractivity contribution is -0.145. The molecule has 1 aromatic heterocycles. The molecule has 1 aliphatic rings. The van der Waals surface area contributed by atoms with Gasteiger partial charge in [-0.05, 0) is 18.8 Å². The van der Waals surface area contributed by atoms with Gasteiger partial charge in [0.15, 0.2) is 0 Å². The van der Waals surface area contributed by atoms with Crippen molar-refractivity contribution in [1.29, 1.82) is 0 Å². The fourth-order valence-electron chi connectivity index (χ4n) is 2.65. The molecule has 1 aliphatic carbocycles. The van der Waals surface area contributed by atoms with E-state index in [1.54, 1.807) is 7.05 Å². The summed E-state index contributed by atoms with van der Waals surface area (Å²) in [5, 5.41) is 15.7. The Balaban J connectivity index is 2.09. The average Bonchev–Trinajstić information content (AvgIpc) is 2.96. The quantitative estimate of drug-likeness (QED) is 0.843. The van der Waals surface area contributed by atoms with E-state index in [0.717, 1.165) is 6.42 Å². The van der Waals surface area contributed by atoms with Crippen molar-refractivity contribution in [2.24, 2.45) is 24.8 Å². The van der Waals surface area contributed by atoms with Gasteiger partial charge in [0, 0.05) is 7.05 Å². The molecule has 0 saturated heterocycles. The molecule has 1 unspecified atom stereocenters. The van der Waals surface area contributed by atoms with Crippen molar-refractivity contribution in [3.8, 4) is 0 Å². The lowest BCUT2D eigenvalue weighted by atomic mass is 9.95. The monoisotopic (exact) mass is 266 g/mol. The highest BCUT2D eigenvalue weighted by Gasteiger charge is 2.42. The van der Waals surface area contributed by atoms with Crippen LogP contribution in [0.3, 0.4) is 0 Å². The highest BCUT2D eigenvalue weighted by atomic mass is 16.4. The molecule has 3 atom stereocenters. The maximum absolute atomic E-state index is 12.2. The van der Waals surface area contributed by atoms with Gasteiger partial charge in [0.2, 0.25) is 11.9 Å². The van der Waals surface area contributed by atoms with Gasteiger partial charge in [-0.25, -0.2) is 4.68 Å². The van der Waals surface area contributed by atoms with E-state index in [4.69, 9.17) is 0 Å². The van der Waals surface area contributed by atoms with Crippen LogP contribution in [-0.4, -0.2) is 31.7 Å². The van der Waals surface area contributed by atoms with Crippen molar-refractivity contribution in [1.82, 2.24) is 14.8 Å². The normalized spacial score (nSPS) is 26.3. The SMILES string of the molecule is CCC1C[C@H](C(=O)Nc2ncnn2C)[C@H](C(=O)O)C1. The summed E-state index contributed by atoms with van der Waals surface area (Å²) in [5.41, 5.74) is 0. The molecule has 1 fully saturated rings. The van der Waals surface area contributed by atoms with Crippen LogP contribution in [0, 0.1) is 17.8 Å². The zero-order valence-electron chi connectivity index (χ0n) is 11.0. The van der Waals surface area contributed by atoms with Crippen molar-refractivity contribution in [3.05, 3.63) is 6.33 Å². The van der Waals surface area contributed by atoms with Gasteiger partial charge in [-0.2, -0.15) is 10.1 Å². The van der Waals surface area contributed by atoms with Gasteiger partial charge in [-0.3, -0.25) is 14.9 Å². The van der Waals surface area contributed by atoms with Gasteiger partial charge in [-0.15, -0.1) is 0 Å². The molecule has 1 saturated carbocycles. The number of nitrogens with zero attached hydrogens (tertiary/aromatic N) is 3. The van der Waals surface area contributed by atoms with E-state index in [2.05, 4.69) is 15.4 Å². The number of carboxylic acid groups (broad SMARTS) is 1. The second kappa shape index (κ2) is 5.38. The second-order valence-corrected chi connectivity index (χ2v) is 4.99. The van der Waals surface area contributed by atoms with E-state index in [1.165, 1.54) is 11.0 Å². The molecule has 1 aromatic rings. The molecule has 0 radical (unpaired) electrons. The number of rotatable bonds is 4. The number of aromatic nitrogens is 3. The maximum atomic E-state index is 12.2. The van der Waals surface area contributed by atoms with E-state index < -0.39 is 17.8 Å². The van der Waals surface area contributed by atoms with Gasteiger partial charge in [-0.1, -0.05) is 13.3 Å². The molecular formula is C12H18N4O3. The Morgan fingerprint density at radius 2 is 2.16 bits per heavy atom. The largest absolute Gasteiger partial charge is 0.481 e. The Hall–Kier alpha value is -1.92. The van der Waals surface area contributed by atoms with Crippen molar-refractivity contribution in [2.45, 2.75) is 26.2 Å². The molecule has 0 bridgehead atoms. The molecule has 1 heterocycles. The molecule has 0 aliphatic heterocycles. The minimum Gasteiger partial charge on any atom is -0.481 e. The van der Waals surface area contributed by atoms with E-state index in [0.29, 0.717) is 24.7 Å². The average molecular weight is 266 g/mol. The molecule has 1 amide bonds. The first-order valence-electron chi connectivity index (χ1n) is 6.40. The van der Waals surface area contributed by atoms with Crippen LogP contribution in [0.1, 0.15) is 26.2 Å². The van der Waals surface area contributed by atoms with Gasteiger partial charge < -0.3 is 5.11 Å². The minimum absolute atomic E-state index is 0.278. The third kappa shape index (κ3) is 2.74. The summed E-state index contributed by atoms with van der Waals surface area (Å²) in [7, 11) is 1.67. The molecule has 104 valence electrons. The van der Waals surface area contributed by atoms with Gasteiger partial charge in [0.05, 0.1) is 11.8 Å². The zero-order valence-corrected chi connectivity index (χ0v) is 11.0. The number of nitrogens with one attached hydrogen (secondary N) is 1.